The average molecular weight is 284 g/mol. The number of nitrogens with one attached hydrogen (secondary N) is 2. The average Bonchev–Trinajstić information content (AvgIpc) is 2.89. The summed E-state index contributed by atoms with van der Waals surface area (Å²) in [7, 11) is 0. The van der Waals surface area contributed by atoms with E-state index >= 15 is 0 Å². The molecule has 19 heavy (non-hydrogen) atoms. The monoisotopic (exact) mass is 284 g/mol. The number of nitrogens with zero attached hydrogens (tertiary/aromatic N) is 2. The van der Waals surface area contributed by atoms with Crippen LogP contribution in [0.1, 0.15) is 16.6 Å². The van der Waals surface area contributed by atoms with Crippen molar-refractivity contribution in [2.75, 3.05) is 51.3 Å². The van der Waals surface area contributed by atoms with Crippen molar-refractivity contribution in [2.24, 2.45) is 0 Å². The summed E-state index contributed by atoms with van der Waals surface area (Å²) in [6.07, 6.45) is 1.62. The zero-order valence-corrected chi connectivity index (χ0v) is 12.0. The fourth-order valence-corrected chi connectivity index (χ4v) is 2.65. The van der Waals surface area contributed by atoms with Crippen LogP contribution in [0.25, 0.3) is 0 Å². The summed E-state index contributed by atoms with van der Waals surface area (Å²) in [5.74, 6) is -0.0464. The number of rotatable bonds is 6. The summed E-state index contributed by atoms with van der Waals surface area (Å²) >= 11 is 1.38. The Morgan fingerprint density at radius 3 is 3.05 bits per heavy atom. The molecule has 0 atom stereocenters. The maximum absolute atomic E-state index is 11.9. The van der Waals surface area contributed by atoms with Crippen LogP contribution in [-0.4, -0.2) is 61.7 Å². The van der Waals surface area contributed by atoms with Crippen molar-refractivity contribution in [1.29, 1.82) is 0 Å². The maximum Gasteiger partial charge on any atom is 0.263 e. The van der Waals surface area contributed by atoms with Crippen molar-refractivity contribution in [3.8, 4) is 0 Å². The van der Waals surface area contributed by atoms with Gasteiger partial charge in [0.25, 0.3) is 5.91 Å². The molecule has 0 unspecified atom stereocenters. The van der Waals surface area contributed by atoms with Crippen LogP contribution in [0.15, 0.2) is 6.20 Å². The van der Waals surface area contributed by atoms with Crippen LogP contribution < -0.4 is 10.6 Å². The highest BCUT2D eigenvalue weighted by molar-refractivity contribution is 7.17. The van der Waals surface area contributed by atoms with Gasteiger partial charge < -0.3 is 15.4 Å². The number of thiazole rings is 1. The van der Waals surface area contributed by atoms with Crippen LogP contribution in [0.3, 0.4) is 0 Å². The van der Waals surface area contributed by atoms with E-state index in [9.17, 15) is 4.79 Å². The van der Waals surface area contributed by atoms with E-state index < -0.39 is 0 Å². The highest BCUT2D eigenvalue weighted by Gasteiger charge is 2.12. The smallest absolute Gasteiger partial charge is 0.263 e. The van der Waals surface area contributed by atoms with Crippen molar-refractivity contribution >= 4 is 22.4 Å². The molecule has 1 aliphatic heterocycles. The van der Waals surface area contributed by atoms with Gasteiger partial charge in [-0.1, -0.05) is 11.3 Å². The Hall–Kier alpha value is -1.18. The number of hydrogen-bond acceptors (Lipinski definition) is 6. The van der Waals surface area contributed by atoms with E-state index in [0.29, 0.717) is 11.4 Å². The van der Waals surface area contributed by atoms with Crippen LogP contribution in [0.5, 0.6) is 0 Å². The van der Waals surface area contributed by atoms with Gasteiger partial charge in [0.1, 0.15) is 4.88 Å². The lowest BCUT2D eigenvalue weighted by Gasteiger charge is -2.26. The molecule has 6 nitrogen and oxygen atoms in total. The first-order chi connectivity index (χ1) is 9.29. The Kier molecular flexibility index (Phi) is 5.56. The molecule has 0 radical (unpaired) electrons. The maximum atomic E-state index is 11.9. The molecule has 0 bridgehead atoms. The minimum atomic E-state index is -0.0464. The van der Waals surface area contributed by atoms with Crippen LogP contribution in [0.2, 0.25) is 0 Å². The number of ether oxygens (including phenoxy) is 1. The molecule has 1 aliphatic rings. The van der Waals surface area contributed by atoms with Crippen LogP contribution in [0, 0.1) is 0 Å². The summed E-state index contributed by atoms with van der Waals surface area (Å²) in [6.45, 7) is 7.81. The van der Waals surface area contributed by atoms with Gasteiger partial charge in [0, 0.05) is 32.7 Å². The predicted molar refractivity (Wildman–Crippen MR) is 75.9 cm³/mol. The van der Waals surface area contributed by atoms with Gasteiger partial charge in [-0.15, -0.1) is 0 Å². The van der Waals surface area contributed by atoms with Crippen molar-refractivity contribution in [3.05, 3.63) is 11.1 Å². The minimum absolute atomic E-state index is 0.0464. The van der Waals surface area contributed by atoms with Gasteiger partial charge in [0.05, 0.1) is 19.4 Å². The van der Waals surface area contributed by atoms with E-state index in [2.05, 4.69) is 20.5 Å². The fraction of sp³-hybridized carbons (Fsp3) is 0.667. The summed E-state index contributed by atoms with van der Waals surface area (Å²) in [6, 6.07) is 0. The normalized spacial score (nSPS) is 16.3. The molecule has 7 heteroatoms. The van der Waals surface area contributed by atoms with Crippen molar-refractivity contribution in [3.63, 3.8) is 0 Å². The van der Waals surface area contributed by atoms with Gasteiger partial charge in [-0.25, -0.2) is 4.98 Å². The zero-order chi connectivity index (χ0) is 13.5. The van der Waals surface area contributed by atoms with Gasteiger partial charge in [0.15, 0.2) is 5.13 Å². The van der Waals surface area contributed by atoms with Crippen molar-refractivity contribution in [2.45, 2.75) is 6.92 Å². The van der Waals surface area contributed by atoms with E-state index in [1.807, 2.05) is 6.92 Å². The van der Waals surface area contributed by atoms with Crippen molar-refractivity contribution in [1.82, 2.24) is 15.2 Å². The second-order valence-electron chi connectivity index (χ2n) is 4.27. The molecule has 1 saturated heterocycles. The summed E-state index contributed by atoms with van der Waals surface area (Å²) < 4.78 is 5.28. The van der Waals surface area contributed by atoms with Gasteiger partial charge in [-0.3, -0.25) is 9.69 Å². The largest absolute Gasteiger partial charge is 0.379 e. The summed E-state index contributed by atoms with van der Waals surface area (Å²) in [4.78, 5) is 19.0. The first-order valence-corrected chi connectivity index (χ1v) is 7.39. The molecule has 2 rings (SSSR count). The second-order valence-corrected chi connectivity index (χ2v) is 5.30. The van der Waals surface area contributed by atoms with E-state index in [1.54, 1.807) is 6.20 Å². The molecule has 2 N–H and O–H groups in total. The Balaban J connectivity index is 1.70. The lowest BCUT2D eigenvalue weighted by molar-refractivity contribution is 0.0383. The van der Waals surface area contributed by atoms with E-state index in [-0.39, 0.29) is 5.91 Å². The van der Waals surface area contributed by atoms with E-state index in [1.165, 1.54) is 11.3 Å². The predicted octanol–water partition coefficient (Wildman–Crippen LogP) is 0.637. The number of carbonyl (C=O) groups is 1. The molecule has 0 aromatic carbocycles. The number of aromatic nitrogens is 1. The first kappa shape index (κ1) is 14.2. The number of amides is 1. The number of carbonyl (C=O) groups excluding carboxylic acids is 1. The molecule has 0 spiro atoms. The van der Waals surface area contributed by atoms with E-state index in [4.69, 9.17) is 4.74 Å². The van der Waals surface area contributed by atoms with Crippen LogP contribution in [-0.2, 0) is 4.74 Å². The molecule has 1 aromatic rings. The molecule has 1 fully saturated rings. The molecule has 1 amide bonds. The Bertz CT molecular complexity index is 404. The molecular formula is C12H20N4O2S. The van der Waals surface area contributed by atoms with Gasteiger partial charge in [0.2, 0.25) is 0 Å². The zero-order valence-electron chi connectivity index (χ0n) is 11.1. The lowest BCUT2D eigenvalue weighted by Crippen LogP contribution is -2.41. The van der Waals surface area contributed by atoms with Crippen molar-refractivity contribution < 1.29 is 9.53 Å². The van der Waals surface area contributed by atoms with Crippen LogP contribution >= 0.6 is 11.3 Å². The number of anilines is 1. The third-order valence-corrected chi connectivity index (χ3v) is 3.83. The third kappa shape index (κ3) is 4.45. The fourth-order valence-electron chi connectivity index (χ4n) is 1.85. The standard InChI is InChI=1S/C12H20N4O2S/c1-2-13-12-15-9-10(19-12)11(17)14-3-4-16-5-7-18-8-6-16/h9H,2-8H2,1H3,(H,13,15)(H,14,17). The Morgan fingerprint density at radius 1 is 1.53 bits per heavy atom. The van der Waals surface area contributed by atoms with E-state index in [0.717, 1.165) is 44.5 Å². The molecule has 106 valence electrons. The molecule has 2 heterocycles. The minimum Gasteiger partial charge on any atom is -0.379 e. The molecule has 1 aromatic heterocycles. The Labute approximate surface area is 117 Å². The highest BCUT2D eigenvalue weighted by Crippen LogP contribution is 2.17. The highest BCUT2D eigenvalue weighted by atomic mass is 32.1. The van der Waals surface area contributed by atoms with Gasteiger partial charge in [-0.2, -0.15) is 0 Å². The number of hydrogen-bond donors (Lipinski definition) is 2. The SMILES string of the molecule is CCNc1ncc(C(=O)NCCN2CCOCC2)s1. The van der Waals surface area contributed by atoms with Crippen LogP contribution in [0.4, 0.5) is 5.13 Å². The molecule has 0 saturated carbocycles. The van der Waals surface area contributed by atoms with Gasteiger partial charge in [-0.05, 0) is 6.92 Å². The lowest BCUT2D eigenvalue weighted by atomic mass is 10.4. The first-order valence-electron chi connectivity index (χ1n) is 6.57. The molecular weight excluding hydrogens is 264 g/mol. The summed E-state index contributed by atoms with van der Waals surface area (Å²) in [5, 5.41) is 6.81. The second kappa shape index (κ2) is 7.42. The quantitative estimate of drug-likeness (QED) is 0.802. The molecule has 0 aliphatic carbocycles. The third-order valence-electron chi connectivity index (χ3n) is 2.87. The Morgan fingerprint density at radius 2 is 2.32 bits per heavy atom. The number of morpholine rings is 1. The topological polar surface area (TPSA) is 66.5 Å². The summed E-state index contributed by atoms with van der Waals surface area (Å²) in [5.41, 5.74) is 0. The van der Waals surface area contributed by atoms with Gasteiger partial charge >= 0.3 is 0 Å².